The molecule has 3 heterocycles. The fourth-order valence-corrected chi connectivity index (χ4v) is 3.54. The van der Waals surface area contributed by atoms with Crippen molar-refractivity contribution in [3.63, 3.8) is 0 Å². The van der Waals surface area contributed by atoms with Gasteiger partial charge in [0.15, 0.2) is 0 Å². The number of aromatic nitrogens is 3. The van der Waals surface area contributed by atoms with Crippen molar-refractivity contribution >= 4 is 16.8 Å². The van der Waals surface area contributed by atoms with Crippen LogP contribution in [0.1, 0.15) is 29.6 Å². The number of nitrogens with zero attached hydrogens (tertiary/aromatic N) is 4. The van der Waals surface area contributed by atoms with Gasteiger partial charge in [0, 0.05) is 43.6 Å². The van der Waals surface area contributed by atoms with Crippen LogP contribution in [0.5, 0.6) is 0 Å². The Balaban J connectivity index is 1.35. The molecule has 5 heteroatoms. The first-order valence-corrected chi connectivity index (χ1v) is 8.91. The van der Waals surface area contributed by atoms with E-state index in [0.717, 1.165) is 49.8 Å². The number of hydrogen-bond acceptors (Lipinski definition) is 3. The van der Waals surface area contributed by atoms with Crippen LogP contribution in [0.4, 0.5) is 0 Å². The number of carbonyl (C=O) groups is 1. The molecule has 2 aromatic heterocycles. The first kappa shape index (κ1) is 15.8. The van der Waals surface area contributed by atoms with Crippen molar-refractivity contribution in [2.24, 2.45) is 5.92 Å². The third-order valence-corrected chi connectivity index (χ3v) is 5.06. The predicted octanol–water partition coefficient (Wildman–Crippen LogP) is 3.37. The molecule has 1 aromatic carbocycles. The standard InChI is InChI=1S/C20H22N4O/c25-20(18-14-17-4-1-2-5-19(17)21-15-18)23-11-6-16(7-12-23)8-13-24-10-3-9-22-24/h1-5,9-10,14-16H,6-8,11-13H2. The molecule has 0 radical (unpaired) electrons. The normalized spacial score (nSPS) is 15.6. The van der Waals surface area contributed by atoms with E-state index in [-0.39, 0.29) is 5.91 Å². The van der Waals surface area contributed by atoms with E-state index in [2.05, 4.69) is 10.1 Å². The van der Waals surface area contributed by atoms with Crippen molar-refractivity contribution < 1.29 is 4.79 Å². The van der Waals surface area contributed by atoms with Crippen molar-refractivity contribution in [3.05, 3.63) is 60.6 Å². The molecule has 1 aliphatic heterocycles. The van der Waals surface area contributed by atoms with Gasteiger partial charge in [0.25, 0.3) is 5.91 Å². The molecule has 1 fully saturated rings. The summed E-state index contributed by atoms with van der Waals surface area (Å²) >= 11 is 0. The maximum Gasteiger partial charge on any atom is 0.255 e. The highest BCUT2D eigenvalue weighted by Crippen LogP contribution is 2.23. The average molecular weight is 334 g/mol. The number of para-hydroxylation sites is 1. The molecule has 0 bridgehead atoms. The van der Waals surface area contributed by atoms with E-state index in [4.69, 9.17) is 0 Å². The third-order valence-electron chi connectivity index (χ3n) is 5.06. The van der Waals surface area contributed by atoms with Crippen molar-refractivity contribution in [2.75, 3.05) is 13.1 Å². The molecule has 1 aliphatic rings. The number of aryl methyl sites for hydroxylation is 1. The number of pyridine rings is 1. The van der Waals surface area contributed by atoms with Gasteiger partial charge in [-0.1, -0.05) is 18.2 Å². The summed E-state index contributed by atoms with van der Waals surface area (Å²) in [6, 6.07) is 11.8. The quantitative estimate of drug-likeness (QED) is 0.735. The number of amides is 1. The zero-order valence-electron chi connectivity index (χ0n) is 14.2. The minimum absolute atomic E-state index is 0.101. The second kappa shape index (κ2) is 7.05. The lowest BCUT2D eigenvalue weighted by atomic mass is 9.93. The number of likely N-dealkylation sites (tertiary alicyclic amines) is 1. The molecule has 3 aromatic rings. The Hall–Kier alpha value is -2.69. The van der Waals surface area contributed by atoms with E-state index in [0.29, 0.717) is 11.5 Å². The van der Waals surface area contributed by atoms with Crippen molar-refractivity contribution in [3.8, 4) is 0 Å². The zero-order valence-corrected chi connectivity index (χ0v) is 14.2. The molecule has 1 amide bonds. The van der Waals surface area contributed by atoms with Gasteiger partial charge in [-0.15, -0.1) is 0 Å². The molecular formula is C20H22N4O. The van der Waals surface area contributed by atoms with Gasteiger partial charge in [0.2, 0.25) is 0 Å². The molecular weight excluding hydrogens is 312 g/mol. The molecule has 0 N–H and O–H groups in total. The smallest absolute Gasteiger partial charge is 0.255 e. The average Bonchev–Trinajstić information content (AvgIpc) is 3.19. The van der Waals surface area contributed by atoms with E-state index in [1.165, 1.54) is 0 Å². The number of fused-ring (bicyclic) bond motifs is 1. The van der Waals surface area contributed by atoms with E-state index < -0.39 is 0 Å². The lowest BCUT2D eigenvalue weighted by Gasteiger charge is -2.32. The summed E-state index contributed by atoms with van der Waals surface area (Å²) in [7, 11) is 0. The monoisotopic (exact) mass is 334 g/mol. The SMILES string of the molecule is O=C(c1cnc2ccccc2c1)N1CCC(CCn2cccn2)CC1. The van der Waals surface area contributed by atoms with Crippen LogP contribution < -0.4 is 0 Å². The fourth-order valence-electron chi connectivity index (χ4n) is 3.54. The third kappa shape index (κ3) is 3.55. The maximum atomic E-state index is 12.8. The molecule has 25 heavy (non-hydrogen) atoms. The van der Waals surface area contributed by atoms with E-state index in [1.54, 1.807) is 6.20 Å². The molecule has 0 unspecified atom stereocenters. The van der Waals surface area contributed by atoms with Crippen LogP contribution in [0.3, 0.4) is 0 Å². The second-order valence-corrected chi connectivity index (χ2v) is 6.71. The summed E-state index contributed by atoms with van der Waals surface area (Å²) in [5.41, 5.74) is 1.62. The van der Waals surface area contributed by atoms with Gasteiger partial charge >= 0.3 is 0 Å². The molecule has 0 atom stereocenters. The van der Waals surface area contributed by atoms with Crippen LogP contribution in [0.15, 0.2) is 55.0 Å². The molecule has 0 saturated carbocycles. The molecule has 0 spiro atoms. The van der Waals surface area contributed by atoms with Gasteiger partial charge in [-0.3, -0.25) is 14.5 Å². The van der Waals surface area contributed by atoms with Crippen LogP contribution in [-0.4, -0.2) is 38.7 Å². The highest BCUT2D eigenvalue weighted by Gasteiger charge is 2.23. The lowest BCUT2D eigenvalue weighted by Crippen LogP contribution is -2.38. The van der Waals surface area contributed by atoms with Crippen LogP contribution >= 0.6 is 0 Å². The van der Waals surface area contributed by atoms with E-state index >= 15 is 0 Å². The Bertz CT molecular complexity index is 851. The number of benzene rings is 1. The Kier molecular flexibility index (Phi) is 4.46. The minimum Gasteiger partial charge on any atom is -0.339 e. The first-order valence-electron chi connectivity index (χ1n) is 8.91. The Morgan fingerprint density at radius 2 is 2.00 bits per heavy atom. The van der Waals surface area contributed by atoms with Crippen molar-refractivity contribution in [1.29, 1.82) is 0 Å². The Morgan fingerprint density at radius 1 is 1.16 bits per heavy atom. The first-order chi connectivity index (χ1) is 12.3. The zero-order chi connectivity index (χ0) is 17.1. The summed E-state index contributed by atoms with van der Waals surface area (Å²) < 4.78 is 1.98. The van der Waals surface area contributed by atoms with Gasteiger partial charge in [0.05, 0.1) is 11.1 Å². The van der Waals surface area contributed by atoms with Crippen LogP contribution in [0, 0.1) is 5.92 Å². The van der Waals surface area contributed by atoms with Crippen LogP contribution in [0.2, 0.25) is 0 Å². The minimum atomic E-state index is 0.101. The molecule has 128 valence electrons. The number of carbonyl (C=O) groups excluding carboxylic acids is 1. The topological polar surface area (TPSA) is 51.0 Å². The molecule has 5 nitrogen and oxygen atoms in total. The Morgan fingerprint density at radius 3 is 2.80 bits per heavy atom. The molecule has 1 saturated heterocycles. The summed E-state index contributed by atoms with van der Waals surface area (Å²) in [5.74, 6) is 0.770. The lowest BCUT2D eigenvalue weighted by molar-refractivity contribution is 0.0684. The summed E-state index contributed by atoms with van der Waals surface area (Å²) in [6.45, 7) is 2.62. The fraction of sp³-hybridized carbons (Fsp3) is 0.350. The molecule has 4 rings (SSSR count). The van der Waals surface area contributed by atoms with Gasteiger partial charge in [-0.05, 0) is 43.4 Å². The predicted molar refractivity (Wildman–Crippen MR) is 97.2 cm³/mol. The van der Waals surface area contributed by atoms with Gasteiger partial charge in [-0.25, -0.2) is 0 Å². The van der Waals surface area contributed by atoms with Gasteiger partial charge < -0.3 is 4.90 Å². The summed E-state index contributed by atoms with van der Waals surface area (Å²) in [6.07, 6.45) is 8.78. The second-order valence-electron chi connectivity index (χ2n) is 6.71. The maximum absolute atomic E-state index is 12.8. The van der Waals surface area contributed by atoms with Gasteiger partial charge in [-0.2, -0.15) is 5.10 Å². The highest BCUT2D eigenvalue weighted by atomic mass is 16.2. The van der Waals surface area contributed by atoms with E-state index in [1.807, 2.05) is 58.4 Å². The summed E-state index contributed by atoms with van der Waals surface area (Å²) in [4.78, 5) is 19.1. The van der Waals surface area contributed by atoms with Crippen molar-refractivity contribution in [2.45, 2.75) is 25.8 Å². The summed E-state index contributed by atoms with van der Waals surface area (Å²) in [5, 5.41) is 5.27. The highest BCUT2D eigenvalue weighted by molar-refractivity contribution is 5.97. The van der Waals surface area contributed by atoms with E-state index in [9.17, 15) is 4.79 Å². The Labute approximate surface area is 147 Å². The number of rotatable bonds is 4. The van der Waals surface area contributed by atoms with Crippen molar-refractivity contribution in [1.82, 2.24) is 19.7 Å². The molecule has 0 aliphatic carbocycles. The number of piperidine rings is 1. The largest absolute Gasteiger partial charge is 0.339 e. The number of hydrogen-bond donors (Lipinski definition) is 0. The van der Waals surface area contributed by atoms with Gasteiger partial charge in [0.1, 0.15) is 0 Å². The van der Waals surface area contributed by atoms with Crippen LogP contribution in [0.25, 0.3) is 10.9 Å². The van der Waals surface area contributed by atoms with Crippen LogP contribution in [-0.2, 0) is 6.54 Å².